The molecule has 3 N–H and O–H groups in total. The Bertz CT molecular complexity index is 2230. The highest BCUT2D eigenvalue weighted by molar-refractivity contribution is 5.87. The molecule has 1 saturated heterocycles. The second kappa shape index (κ2) is 10.1. The quantitative estimate of drug-likeness (QED) is 0.178. The summed E-state index contributed by atoms with van der Waals surface area (Å²) in [6, 6.07) is 20.0. The molecule has 48 heavy (non-hydrogen) atoms. The second-order valence-electron chi connectivity index (χ2n) is 14.2. The van der Waals surface area contributed by atoms with E-state index in [2.05, 4.69) is 19.9 Å². The summed E-state index contributed by atoms with van der Waals surface area (Å²) in [5.74, 6) is -1.47. The number of likely N-dealkylation sites (tertiary alicyclic amines) is 1. The summed E-state index contributed by atoms with van der Waals surface area (Å²) in [7, 11) is 0. The monoisotopic (exact) mass is 644 g/mol. The van der Waals surface area contributed by atoms with Crippen LogP contribution in [0, 0.1) is 5.92 Å². The van der Waals surface area contributed by atoms with E-state index in [-0.39, 0.29) is 29.3 Å². The number of amides is 1. The van der Waals surface area contributed by atoms with Gasteiger partial charge >= 0.3 is 6.09 Å². The Balaban J connectivity index is 1.02. The first kappa shape index (κ1) is 28.9. The first-order chi connectivity index (χ1) is 23.0. The van der Waals surface area contributed by atoms with Gasteiger partial charge in [-0.25, -0.2) is 14.8 Å². The van der Waals surface area contributed by atoms with Gasteiger partial charge < -0.3 is 19.7 Å². The lowest BCUT2D eigenvalue weighted by atomic mass is 9.98. The van der Waals surface area contributed by atoms with E-state index in [4.69, 9.17) is 9.72 Å². The summed E-state index contributed by atoms with van der Waals surface area (Å²) in [6.07, 6.45) is 6.12. The number of alkyl halides is 2. The molecule has 1 aliphatic heterocycles. The topological polar surface area (TPSA) is 103 Å². The van der Waals surface area contributed by atoms with Crippen LogP contribution in [0.1, 0.15) is 63.0 Å². The van der Waals surface area contributed by atoms with Gasteiger partial charge in [-0.3, -0.25) is 4.90 Å². The predicted octanol–water partition coefficient (Wildman–Crippen LogP) is 9.20. The number of hydrogen-bond donors (Lipinski definition) is 3. The van der Waals surface area contributed by atoms with E-state index in [0.717, 1.165) is 47.4 Å². The van der Waals surface area contributed by atoms with Crippen molar-refractivity contribution >= 4 is 17.1 Å². The van der Waals surface area contributed by atoms with E-state index in [1.165, 1.54) is 0 Å². The smallest absolute Gasteiger partial charge is 0.411 e. The van der Waals surface area contributed by atoms with Crippen LogP contribution in [0.3, 0.4) is 0 Å². The lowest BCUT2D eigenvalue weighted by Crippen LogP contribution is -2.43. The fourth-order valence-corrected chi connectivity index (χ4v) is 7.92. The molecule has 242 valence electrons. The van der Waals surface area contributed by atoms with Crippen molar-refractivity contribution in [3.05, 3.63) is 96.1 Å². The van der Waals surface area contributed by atoms with Gasteiger partial charge in [-0.2, -0.15) is 8.78 Å². The molecule has 6 aromatic rings. The summed E-state index contributed by atoms with van der Waals surface area (Å²) in [5, 5.41) is 0. The molecule has 3 aromatic heterocycles. The third-order valence-corrected chi connectivity index (χ3v) is 10.0. The van der Waals surface area contributed by atoms with E-state index in [0.29, 0.717) is 39.7 Å². The van der Waals surface area contributed by atoms with Gasteiger partial charge in [0.25, 0.3) is 5.92 Å². The summed E-state index contributed by atoms with van der Waals surface area (Å²) in [4.78, 5) is 34.3. The molecule has 9 rings (SSSR count). The molecular weight excluding hydrogens is 610 g/mol. The molecule has 3 aliphatic rings. The third kappa shape index (κ3) is 4.49. The zero-order valence-electron chi connectivity index (χ0n) is 26.8. The van der Waals surface area contributed by atoms with Gasteiger partial charge in [0.2, 0.25) is 0 Å². The molecule has 0 radical (unpaired) electrons. The highest BCUT2D eigenvalue weighted by atomic mass is 19.3. The number of imidazole rings is 2. The minimum Gasteiger partial charge on any atom is -0.444 e. The molecule has 2 fully saturated rings. The maximum Gasteiger partial charge on any atom is 0.411 e. The molecule has 3 unspecified atom stereocenters. The normalized spacial score (nSPS) is 20.8. The van der Waals surface area contributed by atoms with Gasteiger partial charge in [0.05, 0.1) is 34.7 Å². The van der Waals surface area contributed by atoms with Gasteiger partial charge in [0.1, 0.15) is 11.4 Å². The molecule has 8 nitrogen and oxygen atoms in total. The highest BCUT2D eigenvalue weighted by Gasteiger charge is 2.51. The fraction of sp³-hybridized carbons (Fsp3) is 0.289. The van der Waals surface area contributed by atoms with Gasteiger partial charge in [-0.15, -0.1) is 0 Å². The summed E-state index contributed by atoms with van der Waals surface area (Å²) in [5.41, 5.74) is 5.65. The molecule has 3 aromatic carbocycles. The van der Waals surface area contributed by atoms with Crippen LogP contribution in [-0.2, 0) is 10.7 Å². The molecule has 10 heteroatoms. The number of carbonyl (C=O) groups is 1. The van der Waals surface area contributed by atoms with Gasteiger partial charge in [-0.05, 0) is 105 Å². The van der Waals surface area contributed by atoms with Crippen molar-refractivity contribution in [2.75, 3.05) is 0 Å². The van der Waals surface area contributed by atoms with Crippen molar-refractivity contribution in [2.24, 2.45) is 5.92 Å². The average molecular weight is 645 g/mol. The Morgan fingerprint density at radius 2 is 1.65 bits per heavy atom. The van der Waals surface area contributed by atoms with Crippen molar-refractivity contribution in [3.8, 4) is 45.0 Å². The van der Waals surface area contributed by atoms with Crippen LogP contribution in [0.4, 0.5) is 13.6 Å². The number of ether oxygens (including phenoxy) is 1. The Morgan fingerprint density at radius 3 is 2.40 bits per heavy atom. The van der Waals surface area contributed by atoms with E-state index in [9.17, 15) is 4.79 Å². The van der Waals surface area contributed by atoms with E-state index in [1.807, 2.05) is 74.3 Å². The van der Waals surface area contributed by atoms with E-state index < -0.39 is 11.5 Å². The van der Waals surface area contributed by atoms with Gasteiger partial charge in [0, 0.05) is 28.9 Å². The maximum atomic E-state index is 16.2. The molecule has 1 saturated carbocycles. The Kier molecular flexibility index (Phi) is 6.10. The molecule has 0 spiro atoms. The SMILES string of the molecule is CC(C)(C)OC(=O)N1C2CCC(C2)C1c1nc2ccc(-c3ccc4c(c3)C(F)(F)c3cc(-c5cnc(-c6ccc[nH]6)[nH]5)ccc3-4)cc2[nH]1. The summed E-state index contributed by atoms with van der Waals surface area (Å²) >= 11 is 0. The van der Waals surface area contributed by atoms with Crippen molar-refractivity contribution in [1.29, 1.82) is 0 Å². The first-order valence-corrected chi connectivity index (χ1v) is 16.4. The summed E-state index contributed by atoms with van der Waals surface area (Å²) in [6.45, 7) is 5.64. The van der Waals surface area contributed by atoms with Crippen LogP contribution in [0.5, 0.6) is 0 Å². The minimum atomic E-state index is -3.17. The zero-order chi connectivity index (χ0) is 32.9. The Labute approximate surface area is 275 Å². The number of aromatic nitrogens is 5. The van der Waals surface area contributed by atoms with Gasteiger partial charge in [0.15, 0.2) is 5.82 Å². The molecular formula is C38H34F2N6O2. The summed E-state index contributed by atoms with van der Waals surface area (Å²) < 4.78 is 38.1. The number of aromatic amines is 3. The lowest BCUT2D eigenvalue weighted by Gasteiger charge is -2.35. The van der Waals surface area contributed by atoms with Crippen molar-refractivity contribution in [1.82, 2.24) is 29.8 Å². The van der Waals surface area contributed by atoms with Crippen molar-refractivity contribution in [2.45, 2.75) is 63.6 Å². The molecule has 2 bridgehead atoms. The fourth-order valence-electron chi connectivity index (χ4n) is 7.92. The van der Waals surface area contributed by atoms with Crippen LogP contribution >= 0.6 is 0 Å². The largest absolute Gasteiger partial charge is 0.444 e. The number of benzene rings is 3. The van der Waals surface area contributed by atoms with Crippen molar-refractivity contribution < 1.29 is 18.3 Å². The Hall–Kier alpha value is -5.25. The van der Waals surface area contributed by atoms with Crippen molar-refractivity contribution in [3.63, 3.8) is 0 Å². The predicted molar refractivity (Wildman–Crippen MR) is 179 cm³/mol. The number of rotatable bonds is 4. The first-order valence-electron chi connectivity index (χ1n) is 16.4. The van der Waals surface area contributed by atoms with E-state index >= 15 is 8.78 Å². The third-order valence-electron chi connectivity index (χ3n) is 10.0. The second-order valence-corrected chi connectivity index (χ2v) is 14.2. The number of hydrogen-bond acceptors (Lipinski definition) is 4. The number of piperidine rings is 1. The zero-order valence-corrected chi connectivity index (χ0v) is 26.8. The number of carbonyl (C=O) groups excluding carboxylic acids is 1. The number of halogens is 2. The molecule has 4 heterocycles. The lowest BCUT2D eigenvalue weighted by molar-refractivity contribution is 0.00621. The molecule has 2 aliphatic carbocycles. The standard InChI is InChI=1S/C38H34F2N6O2/c1-37(2,3)48-36(47)46-24-10-6-23(15-24)33(46)35-43-29-13-9-21(18-31(29)44-35)20-7-11-25-26-12-8-22(17-28(26)38(39,40)27(25)16-20)32-19-42-34(45-32)30-5-4-14-41-30/h4-5,7-9,11-14,16-19,23-24,33,41H,6,10,15H2,1-3H3,(H,42,45)(H,43,44). The average Bonchev–Trinajstić information content (AvgIpc) is 3.91. The number of H-pyrrole nitrogens is 3. The number of fused-ring (bicyclic) bond motifs is 6. The minimum absolute atomic E-state index is 0.00999. The molecule has 1 amide bonds. The van der Waals surface area contributed by atoms with E-state index in [1.54, 1.807) is 30.5 Å². The Morgan fingerprint density at radius 1 is 0.917 bits per heavy atom. The van der Waals surface area contributed by atoms with Crippen LogP contribution < -0.4 is 0 Å². The number of nitrogens with one attached hydrogen (secondary N) is 3. The van der Waals surface area contributed by atoms with Crippen LogP contribution in [0.15, 0.2) is 79.1 Å². The molecule has 3 atom stereocenters. The maximum absolute atomic E-state index is 16.2. The van der Waals surface area contributed by atoms with Gasteiger partial charge in [-0.1, -0.05) is 30.3 Å². The highest BCUT2D eigenvalue weighted by Crippen LogP contribution is 2.53. The van der Waals surface area contributed by atoms with Crippen LogP contribution in [0.25, 0.3) is 56.1 Å². The van der Waals surface area contributed by atoms with Crippen LogP contribution in [0.2, 0.25) is 0 Å². The number of nitrogens with zero attached hydrogens (tertiary/aromatic N) is 3. The van der Waals surface area contributed by atoms with Crippen LogP contribution in [-0.4, -0.2) is 47.6 Å².